The van der Waals surface area contributed by atoms with Crippen molar-refractivity contribution in [1.82, 2.24) is 5.32 Å². The number of benzene rings is 1. The number of carbonyl (C=O) groups is 2. The Morgan fingerprint density at radius 1 is 1.20 bits per heavy atom. The zero-order chi connectivity index (χ0) is 15.3. The second-order valence-electron chi connectivity index (χ2n) is 4.58. The fourth-order valence-electron chi connectivity index (χ4n) is 1.40. The summed E-state index contributed by atoms with van der Waals surface area (Å²) in [5.74, 6) is -0.155. The highest BCUT2D eigenvalue weighted by atomic mass is 16.5. The molecule has 0 unspecified atom stereocenters. The molecule has 0 spiro atoms. The van der Waals surface area contributed by atoms with Crippen molar-refractivity contribution in [2.75, 3.05) is 19.5 Å². The molecule has 3 N–H and O–H groups in total. The van der Waals surface area contributed by atoms with Crippen molar-refractivity contribution >= 4 is 17.7 Å². The van der Waals surface area contributed by atoms with Crippen LogP contribution in [-0.4, -0.2) is 36.9 Å². The van der Waals surface area contributed by atoms with Crippen LogP contribution in [0.3, 0.4) is 0 Å². The van der Waals surface area contributed by atoms with E-state index in [0.29, 0.717) is 17.2 Å². The Labute approximate surface area is 116 Å². The summed E-state index contributed by atoms with van der Waals surface area (Å²) in [6, 6.07) is 4.25. The van der Waals surface area contributed by atoms with E-state index in [1.165, 1.54) is 28.1 Å². The lowest BCUT2D eigenvalue weighted by Crippen LogP contribution is -2.51. The number of carboxylic acids is 1. The Kier molecular flexibility index (Phi) is 4.79. The topological polar surface area (TPSA) is 96.9 Å². The molecule has 110 valence electrons. The molecule has 0 saturated heterocycles. The summed E-state index contributed by atoms with van der Waals surface area (Å²) in [6.07, 6.45) is 0. The van der Waals surface area contributed by atoms with E-state index in [9.17, 15) is 9.59 Å². The van der Waals surface area contributed by atoms with E-state index in [1.54, 1.807) is 18.2 Å². The van der Waals surface area contributed by atoms with E-state index in [1.807, 2.05) is 0 Å². The molecule has 1 rings (SSSR count). The van der Waals surface area contributed by atoms with Gasteiger partial charge in [-0.15, -0.1) is 0 Å². The molecule has 0 heterocycles. The second-order valence-corrected chi connectivity index (χ2v) is 4.58. The molecule has 0 saturated carbocycles. The van der Waals surface area contributed by atoms with Gasteiger partial charge in [0.15, 0.2) is 0 Å². The average molecular weight is 282 g/mol. The van der Waals surface area contributed by atoms with Crippen LogP contribution < -0.4 is 20.1 Å². The number of anilines is 1. The molecule has 0 bridgehead atoms. The minimum absolute atomic E-state index is 0.380. The zero-order valence-electron chi connectivity index (χ0n) is 11.8. The summed E-state index contributed by atoms with van der Waals surface area (Å²) >= 11 is 0. The molecule has 7 nitrogen and oxygen atoms in total. The van der Waals surface area contributed by atoms with Crippen LogP contribution in [0.2, 0.25) is 0 Å². The number of aliphatic carboxylic acids is 1. The smallest absolute Gasteiger partial charge is 0.328 e. The lowest BCUT2D eigenvalue weighted by Gasteiger charge is -2.21. The highest BCUT2D eigenvalue weighted by Gasteiger charge is 2.29. The van der Waals surface area contributed by atoms with Gasteiger partial charge in [0, 0.05) is 6.07 Å². The van der Waals surface area contributed by atoms with Crippen molar-refractivity contribution in [2.45, 2.75) is 19.4 Å². The number of amides is 2. The van der Waals surface area contributed by atoms with Crippen molar-refractivity contribution in [3.63, 3.8) is 0 Å². The van der Waals surface area contributed by atoms with Crippen LogP contribution in [-0.2, 0) is 4.79 Å². The molecule has 0 atom stereocenters. The van der Waals surface area contributed by atoms with Crippen LogP contribution in [0.4, 0.5) is 10.5 Å². The van der Waals surface area contributed by atoms with Crippen molar-refractivity contribution in [1.29, 1.82) is 0 Å². The van der Waals surface area contributed by atoms with E-state index in [2.05, 4.69) is 10.6 Å². The zero-order valence-corrected chi connectivity index (χ0v) is 11.8. The summed E-state index contributed by atoms with van der Waals surface area (Å²) < 4.78 is 10.2. The fraction of sp³-hybridized carbons (Fsp3) is 0.385. The van der Waals surface area contributed by atoms with Crippen LogP contribution >= 0.6 is 0 Å². The molecule has 1 aromatic rings. The molecular weight excluding hydrogens is 264 g/mol. The second kappa shape index (κ2) is 6.14. The van der Waals surface area contributed by atoms with Gasteiger partial charge in [-0.25, -0.2) is 9.59 Å². The van der Waals surface area contributed by atoms with Crippen molar-refractivity contribution in [3.8, 4) is 11.5 Å². The molecule has 0 aliphatic rings. The Balaban J connectivity index is 2.87. The number of hydrogen-bond donors (Lipinski definition) is 3. The van der Waals surface area contributed by atoms with Crippen LogP contribution in [0.15, 0.2) is 18.2 Å². The Bertz CT molecular complexity index is 513. The van der Waals surface area contributed by atoms with Crippen LogP contribution in [0, 0.1) is 0 Å². The largest absolute Gasteiger partial charge is 0.497 e. The molecule has 2 amide bonds. The normalized spacial score (nSPS) is 10.6. The van der Waals surface area contributed by atoms with Crippen molar-refractivity contribution in [2.24, 2.45) is 0 Å². The monoisotopic (exact) mass is 282 g/mol. The number of carboxylic acid groups (broad SMARTS) is 1. The summed E-state index contributed by atoms with van der Waals surface area (Å²) in [5.41, 5.74) is -0.999. The van der Waals surface area contributed by atoms with E-state index in [-0.39, 0.29) is 0 Å². The SMILES string of the molecule is COc1ccc(OC)c(NC(=O)NC(C)(C)C(=O)O)c1. The first-order valence-electron chi connectivity index (χ1n) is 5.84. The predicted molar refractivity (Wildman–Crippen MR) is 73.4 cm³/mol. The third kappa shape index (κ3) is 3.78. The standard InChI is InChI=1S/C13H18N2O5/c1-13(2,11(16)17)15-12(18)14-9-7-8(19-3)5-6-10(9)20-4/h5-7H,1-4H3,(H,16,17)(H2,14,15,18). The van der Waals surface area contributed by atoms with Crippen molar-refractivity contribution < 1.29 is 24.2 Å². The van der Waals surface area contributed by atoms with Gasteiger partial charge in [0.2, 0.25) is 0 Å². The molecule has 0 fully saturated rings. The van der Waals surface area contributed by atoms with E-state index in [4.69, 9.17) is 14.6 Å². The molecule has 1 aromatic carbocycles. The Morgan fingerprint density at radius 2 is 1.85 bits per heavy atom. The minimum atomic E-state index is -1.38. The number of methoxy groups -OCH3 is 2. The molecular formula is C13H18N2O5. The number of hydrogen-bond acceptors (Lipinski definition) is 4. The van der Waals surface area contributed by atoms with Gasteiger partial charge in [0.05, 0.1) is 19.9 Å². The number of rotatable bonds is 5. The van der Waals surface area contributed by atoms with Gasteiger partial charge in [0.25, 0.3) is 0 Å². The van der Waals surface area contributed by atoms with Crippen LogP contribution in [0.1, 0.15) is 13.8 Å². The summed E-state index contributed by atoms with van der Waals surface area (Å²) in [6.45, 7) is 2.77. The molecule has 20 heavy (non-hydrogen) atoms. The van der Waals surface area contributed by atoms with Gasteiger partial charge in [0.1, 0.15) is 17.0 Å². The number of ether oxygens (including phenoxy) is 2. The number of nitrogens with one attached hydrogen (secondary N) is 2. The third-order valence-corrected chi connectivity index (χ3v) is 2.62. The van der Waals surface area contributed by atoms with Crippen LogP contribution in [0.25, 0.3) is 0 Å². The minimum Gasteiger partial charge on any atom is -0.497 e. The first kappa shape index (κ1) is 15.6. The van der Waals surface area contributed by atoms with Gasteiger partial charge in [-0.2, -0.15) is 0 Å². The molecule has 0 aliphatic heterocycles. The maximum absolute atomic E-state index is 11.8. The van der Waals surface area contributed by atoms with Crippen molar-refractivity contribution in [3.05, 3.63) is 18.2 Å². The van der Waals surface area contributed by atoms with E-state index >= 15 is 0 Å². The summed E-state index contributed by atoms with van der Waals surface area (Å²) in [7, 11) is 2.96. The lowest BCUT2D eigenvalue weighted by molar-refractivity contribution is -0.142. The van der Waals surface area contributed by atoms with Gasteiger partial charge >= 0.3 is 12.0 Å². The molecule has 0 aromatic heterocycles. The maximum atomic E-state index is 11.8. The highest BCUT2D eigenvalue weighted by Crippen LogP contribution is 2.28. The molecule has 0 radical (unpaired) electrons. The van der Waals surface area contributed by atoms with Gasteiger partial charge in [-0.1, -0.05) is 0 Å². The lowest BCUT2D eigenvalue weighted by atomic mass is 10.1. The summed E-state index contributed by atoms with van der Waals surface area (Å²) in [5, 5.41) is 13.8. The van der Waals surface area contributed by atoms with Crippen LogP contribution in [0.5, 0.6) is 11.5 Å². The fourth-order valence-corrected chi connectivity index (χ4v) is 1.40. The van der Waals surface area contributed by atoms with Gasteiger partial charge < -0.3 is 25.2 Å². The van der Waals surface area contributed by atoms with Gasteiger partial charge in [-0.05, 0) is 26.0 Å². The summed E-state index contributed by atoms with van der Waals surface area (Å²) in [4.78, 5) is 22.8. The average Bonchev–Trinajstić information content (AvgIpc) is 2.37. The van der Waals surface area contributed by atoms with E-state index < -0.39 is 17.5 Å². The quantitative estimate of drug-likeness (QED) is 0.763. The number of carbonyl (C=O) groups excluding carboxylic acids is 1. The Hall–Kier alpha value is -2.44. The maximum Gasteiger partial charge on any atom is 0.328 e. The van der Waals surface area contributed by atoms with E-state index in [0.717, 1.165) is 0 Å². The van der Waals surface area contributed by atoms with Gasteiger partial charge in [-0.3, -0.25) is 0 Å². The molecule has 7 heteroatoms. The number of urea groups is 1. The molecule has 0 aliphatic carbocycles. The first-order valence-corrected chi connectivity index (χ1v) is 5.84. The predicted octanol–water partition coefficient (Wildman–Crippen LogP) is 1.69. The first-order chi connectivity index (χ1) is 9.30. The Morgan fingerprint density at radius 3 is 2.35 bits per heavy atom. The highest BCUT2D eigenvalue weighted by molar-refractivity contribution is 5.94. The third-order valence-electron chi connectivity index (χ3n) is 2.62.